The third-order valence-corrected chi connectivity index (χ3v) is 5.20. The number of likely N-dealkylation sites (tertiary alicyclic amines) is 1. The second-order valence-corrected chi connectivity index (χ2v) is 6.79. The average molecular weight is 286 g/mol. The van der Waals surface area contributed by atoms with Gasteiger partial charge in [-0.05, 0) is 50.2 Å². The number of carbonyl (C=O) groups is 1. The second kappa shape index (κ2) is 6.08. The van der Waals surface area contributed by atoms with Gasteiger partial charge in [-0.25, -0.2) is 4.79 Å². The number of rotatable bonds is 1. The Labute approximate surface area is 127 Å². The molecule has 2 fully saturated rings. The summed E-state index contributed by atoms with van der Waals surface area (Å²) in [6, 6.07) is 6.25. The molecule has 1 aromatic rings. The quantitative estimate of drug-likeness (QED) is 0.818. The van der Waals surface area contributed by atoms with E-state index in [0.29, 0.717) is 0 Å². The molecule has 3 heteroatoms. The van der Waals surface area contributed by atoms with Crippen molar-refractivity contribution >= 4 is 11.7 Å². The number of hydrogen-bond donors (Lipinski definition) is 1. The Balaban J connectivity index is 1.63. The van der Waals surface area contributed by atoms with Gasteiger partial charge in [0.2, 0.25) is 0 Å². The lowest BCUT2D eigenvalue weighted by Gasteiger charge is -2.41. The lowest BCUT2D eigenvalue weighted by Crippen LogP contribution is -2.46. The summed E-state index contributed by atoms with van der Waals surface area (Å²) in [5, 5.41) is 3.09. The van der Waals surface area contributed by atoms with Gasteiger partial charge >= 0.3 is 6.03 Å². The van der Waals surface area contributed by atoms with Gasteiger partial charge in [-0.3, -0.25) is 0 Å². The van der Waals surface area contributed by atoms with Gasteiger partial charge in [-0.2, -0.15) is 0 Å². The van der Waals surface area contributed by atoms with Crippen LogP contribution in [0.4, 0.5) is 10.5 Å². The Hall–Kier alpha value is -1.51. The van der Waals surface area contributed by atoms with Crippen LogP contribution in [0.25, 0.3) is 0 Å². The van der Waals surface area contributed by atoms with Crippen molar-refractivity contribution in [1.29, 1.82) is 0 Å². The molecule has 114 valence electrons. The van der Waals surface area contributed by atoms with Gasteiger partial charge in [0.1, 0.15) is 0 Å². The Morgan fingerprint density at radius 3 is 2.67 bits per heavy atom. The highest BCUT2D eigenvalue weighted by Crippen LogP contribution is 2.36. The summed E-state index contributed by atoms with van der Waals surface area (Å²) < 4.78 is 0. The van der Waals surface area contributed by atoms with E-state index in [1.807, 2.05) is 11.0 Å². The highest BCUT2D eigenvalue weighted by Gasteiger charge is 2.32. The fraction of sp³-hybridized carbons (Fsp3) is 0.611. The lowest BCUT2D eigenvalue weighted by molar-refractivity contribution is 0.108. The summed E-state index contributed by atoms with van der Waals surface area (Å²) in [7, 11) is 0. The van der Waals surface area contributed by atoms with E-state index in [9.17, 15) is 4.79 Å². The first-order valence-corrected chi connectivity index (χ1v) is 8.26. The molecule has 21 heavy (non-hydrogen) atoms. The third kappa shape index (κ3) is 3.22. The van der Waals surface area contributed by atoms with Crippen LogP contribution in [-0.4, -0.2) is 24.0 Å². The SMILES string of the molecule is Cc1ccc(NC(=O)N2CC[C@@H]3CCCC[C@@H]3C2)c(C)c1. The first-order chi connectivity index (χ1) is 10.1. The van der Waals surface area contributed by atoms with Crippen LogP contribution in [0.2, 0.25) is 0 Å². The van der Waals surface area contributed by atoms with E-state index in [0.717, 1.165) is 36.2 Å². The van der Waals surface area contributed by atoms with E-state index in [1.165, 1.54) is 37.7 Å². The molecule has 3 nitrogen and oxygen atoms in total. The minimum absolute atomic E-state index is 0.0750. The Morgan fingerprint density at radius 1 is 1.14 bits per heavy atom. The Bertz CT molecular complexity index is 526. The zero-order valence-electron chi connectivity index (χ0n) is 13.2. The van der Waals surface area contributed by atoms with Crippen molar-refractivity contribution in [3.8, 4) is 0 Å². The molecule has 1 saturated heterocycles. The van der Waals surface area contributed by atoms with Gasteiger partial charge in [0.15, 0.2) is 0 Å². The molecule has 2 aliphatic rings. The molecule has 0 bridgehead atoms. The van der Waals surface area contributed by atoms with Crippen LogP contribution >= 0.6 is 0 Å². The van der Waals surface area contributed by atoms with E-state index < -0.39 is 0 Å². The Kier molecular flexibility index (Phi) is 4.18. The fourth-order valence-corrected chi connectivity index (χ4v) is 3.93. The van der Waals surface area contributed by atoms with Gasteiger partial charge < -0.3 is 10.2 Å². The van der Waals surface area contributed by atoms with Crippen LogP contribution < -0.4 is 5.32 Å². The van der Waals surface area contributed by atoms with Gasteiger partial charge in [-0.15, -0.1) is 0 Å². The van der Waals surface area contributed by atoms with Crippen LogP contribution in [0, 0.1) is 25.7 Å². The van der Waals surface area contributed by atoms with E-state index in [4.69, 9.17) is 0 Å². The largest absolute Gasteiger partial charge is 0.324 e. The van der Waals surface area contributed by atoms with Crippen molar-refractivity contribution < 1.29 is 4.79 Å². The normalized spacial score (nSPS) is 25.3. The van der Waals surface area contributed by atoms with Crippen molar-refractivity contribution in [2.45, 2.75) is 46.0 Å². The third-order valence-electron chi connectivity index (χ3n) is 5.20. The maximum atomic E-state index is 12.5. The molecule has 0 radical (unpaired) electrons. The molecule has 0 spiro atoms. The zero-order chi connectivity index (χ0) is 14.8. The number of nitrogens with one attached hydrogen (secondary N) is 1. The second-order valence-electron chi connectivity index (χ2n) is 6.79. The molecular formula is C18H26N2O. The summed E-state index contributed by atoms with van der Waals surface area (Å²) in [6.07, 6.45) is 6.59. The van der Waals surface area contributed by atoms with Gasteiger partial charge in [0, 0.05) is 18.8 Å². The predicted molar refractivity (Wildman–Crippen MR) is 86.6 cm³/mol. The number of urea groups is 1. The molecular weight excluding hydrogens is 260 g/mol. The molecule has 1 aliphatic heterocycles. The molecule has 2 amide bonds. The van der Waals surface area contributed by atoms with Gasteiger partial charge in [0.05, 0.1) is 0 Å². The van der Waals surface area contributed by atoms with Crippen LogP contribution in [-0.2, 0) is 0 Å². The number of hydrogen-bond acceptors (Lipinski definition) is 1. The van der Waals surface area contributed by atoms with Crippen molar-refractivity contribution in [1.82, 2.24) is 4.90 Å². The minimum atomic E-state index is 0.0750. The van der Waals surface area contributed by atoms with Crippen LogP contribution in [0.3, 0.4) is 0 Å². The van der Waals surface area contributed by atoms with Crippen LogP contribution in [0.1, 0.15) is 43.2 Å². The van der Waals surface area contributed by atoms with Crippen molar-refractivity contribution in [3.63, 3.8) is 0 Å². The van der Waals surface area contributed by atoms with E-state index in [2.05, 4.69) is 31.3 Å². The Morgan fingerprint density at radius 2 is 1.90 bits per heavy atom. The summed E-state index contributed by atoms with van der Waals surface area (Å²) >= 11 is 0. The smallest absolute Gasteiger partial charge is 0.321 e. The number of carbonyl (C=O) groups excluding carboxylic acids is 1. The molecule has 0 unspecified atom stereocenters. The predicted octanol–water partition coefficient (Wildman–Crippen LogP) is 4.35. The maximum Gasteiger partial charge on any atom is 0.321 e. The number of piperidine rings is 1. The summed E-state index contributed by atoms with van der Waals surface area (Å²) in [6.45, 7) is 5.99. The average Bonchev–Trinajstić information content (AvgIpc) is 2.49. The number of amides is 2. The first-order valence-electron chi connectivity index (χ1n) is 8.26. The number of nitrogens with zero attached hydrogens (tertiary/aromatic N) is 1. The zero-order valence-corrected chi connectivity index (χ0v) is 13.2. The fourth-order valence-electron chi connectivity index (χ4n) is 3.93. The molecule has 1 saturated carbocycles. The van der Waals surface area contributed by atoms with Crippen LogP contribution in [0.5, 0.6) is 0 Å². The molecule has 0 aromatic heterocycles. The molecule has 1 N–H and O–H groups in total. The molecule has 1 aliphatic carbocycles. The van der Waals surface area contributed by atoms with Gasteiger partial charge in [0.25, 0.3) is 0 Å². The molecule has 1 heterocycles. The summed E-state index contributed by atoms with van der Waals surface area (Å²) in [5.41, 5.74) is 3.31. The number of fused-ring (bicyclic) bond motifs is 1. The molecule has 2 atom stereocenters. The highest BCUT2D eigenvalue weighted by atomic mass is 16.2. The number of anilines is 1. The van der Waals surface area contributed by atoms with E-state index >= 15 is 0 Å². The lowest BCUT2D eigenvalue weighted by atomic mass is 9.75. The monoisotopic (exact) mass is 286 g/mol. The van der Waals surface area contributed by atoms with Gasteiger partial charge in [-0.1, -0.05) is 37.0 Å². The van der Waals surface area contributed by atoms with Crippen LogP contribution in [0.15, 0.2) is 18.2 Å². The van der Waals surface area contributed by atoms with E-state index in [-0.39, 0.29) is 6.03 Å². The molecule has 1 aromatic carbocycles. The highest BCUT2D eigenvalue weighted by molar-refractivity contribution is 5.90. The molecule has 3 rings (SSSR count). The first kappa shape index (κ1) is 14.4. The van der Waals surface area contributed by atoms with Crippen molar-refractivity contribution in [3.05, 3.63) is 29.3 Å². The standard InChI is InChI=1S/C18H26N2O/c1-13-7-8-17(14(2)11-13)19-18(21)20-10-9-15-5-3-4-6-16(15)12-20/h7-8,11,15-16H,3-6,9-10,12H2,1-2H3,(H,19,21)/t15-,16+/m0/s1. The maximum absolute atomic E-state index is 12.5. The number of aryl methyl sites for hydroxylation is 2. The summed E-state index contributed by atoms with van der Waals surface area (Å²) in [4.78, 5) is 14.5. The number of benzene rings is 1. The topological polar surface area (TPSA) is 32.3 Å². The summed E-state index contributed by atoms with van der Waals surface area (Å²) in [5.74, 6) is 1.60. The van der Waals surface area contributed by atoms with Crippen molar-refractivity contribution in [2.75, 3.05) is 18.4 Å². The van der Waals surface area contributed by atoms with E-state index in [1.54, 1.807) is 0 Å². The minimum Gasteiger partial charge on any atom is -0.324 e. The van der Waals surface area contributed by atoms with Crippen molar-refractivity contribution in [2.24, 2.45) is 11.8 Å².